The zero-order chi connectivity index (χ0) is 18.3. The number of amides is 1. The Morgan fingerprint density at radius 3 is 2.62 bits per heavy atom. The fourth-order valence-electron chi connectivity index (χ4n) is 1.74. The number of esters is 1. The number of aromatic nitrogens is 2. The van der Waals surface area contributed by atoms with Gasteiger partial charge in [0.1, 0.15) is 11.5 Å². The fourth-order valence-corrected chi connectivity index (χ4v) is 1.74. The molecule has 6 nitrogen and oxygen atoms in total. The van der Waals surface area contributed by atoms with E-state index in [0.717, 1.165) is 12.3 Å². The molecule has 0 atom stereocenters. The van der Waals surface area contributed by atoms with Crippen molar-refractivity contribution in [3.63, 3.8) is 0 Å². The summed E-state index contributed by atoms with van der Waals surface area (Å²) in [6.07, 6.45) is -3.25. The van der Waals surface area contributed by atoms with E-state index in [9.17, 15) is 22.8 Å². The van der Waals surface area contributed by atoms with Gasteiger partial charge in [-0.1, -0.05) is 6.58 Å². The second-order valence-corrected chi connectivity index (χ2v) is 5.03. The van der Waals surface area contributed by atoms with Gasteiger partial charge in [0.2, 0.25) is 5.91 Å². The first kappa shape index (κ1) is 19.6. The molecule has 132 valence electrons. The lowest BCUT2D eigenvalue weighted by atomic mass is 10.2. The van der Waals surface area contributed by atoms with E-state index in [1.807, 2.05) is 0 Å². The van der Waals surface area contributed by atoms with Gasteiger partial charge in [-0.05, 0) is 6.07 Å². The Bertz CT molecular complexity index is 617. The smallest absolute Gasteiger partial charge is 0.433 e. The van der Waals surface area contributed by atoms with Gasteiger partial charge < -0.3 is 9.64 Å². The minimum Gasteiger partial charge on any atom is -0.466 e. The predicted molar refractivity (Wildman–Crippen MR) is 78.8 cm³/mol. The molecule has 0 N–H and O–H groups in total. The molecule has 0 saturated heterocycles. The molecule has 0 aliphatic heterocycles. The van der Waals surface area contributed by atoms with Crippen molar-refractivity contribution in [2.24, 2.45) is 0 Å². The molecule has 24 heavy (non-hydrogen) atoms. The highest BCUT2D eigenvalue weighted by Gasteiger charge is 2.32. The molecule has 1 aromatic rings. The van der Waals surface area contributed by atoms with Crippen molar-refractivity contribution >= 4 is 11.9 Å². The lowest BCUT2D eigenvalue weighted by Crippen LogP contribution is -2.30. The second kappa shape index (κ2) is 8.42. The van der Waals surface area contributed by atoms with Crippen LogP contribution in [0.1, 0.15) is 24.9 Å². The monoisotopic (exact) mass is 345 g/mol. The topological polar surface area (TPSA) is 72.4 Å². The first-order chi connectivity index (χ1) is 11.1. The molecule has 0 fully saturated rings. The van der Waals surface area contributed by atoms with Crippen LogP contribution in [0.25, 0.3) is 0 Å². The highest BCUT2D eigenvalue weighted by atomic mass is 19.4. The number of nitrogens with zero attached hydrogens (tertiary/aromatic N) is 3. The number of hydrogen-bond acceptors (Lipinski definition) is 5. The van der Waals surface area contributed by atoms with Gasteiger partial charge in [0, 0.05) is 45.1 Å². The summed E-state index contributed by atoms with van der Waals surface area (Å²) in [5.74, 6) is -0.838. The highest BCUT2D eigenvalue weighted by Crippen LogP contribution is 2.26. The molecular weight excluding hydrogens is 327 g/mol. The molecule has 9 heteroatoms. The molecule has 0 saturated carbocycles. The van der Waals surface area contributed by atoms with E-state index in [4.69, 9.17) is 4.74 Å². The number of alkyl halides is 3. The van der Waals surface area contributed by atoms with Gasteiger partial charge in [0.25, 0.3) is 0 Å². The summed E-state index contributed by atoms with van der Waals surface area (Å²) in [6, 6.07) is 0.787. The van der Waals surface area contributed by atoms with Gasteiger partial charge in [0.15, 0.2) is 0 Å². The summed E-state index contributed by atoms with van der Waals surface area (Å²) in [5.41, 5.74) is -0.781. The zero-order valence-electron chi connectivity index (χ0n) is 13.4. The van der Waals surface area contributed by atoms with E-state index in [0.29, 0.717) is 0 Å². The van der Waals surface area contributed by atoms with Crippen LogP contribution in [0.15, 0.2) is 24.4 Å². The number of ether oxygens (including phenoxy) is 1. The van der Waals surface area contributed by atoms with Gasteiger partial charge in [0.05, 0.1) is 6.61 Å². The van der Waals surface area contributed by atoms with E-state index >= 15 is 0 Å². The lowest BCUT2D eigenvalue weighted by Gasteiger charge is -2.18. The largest absolute Gasteiger partial charge is 0.466 e. The van der Waals surface area contributed by atoms with Gasteiger partial charge >= 0.3 is 12.1 Å². The molecule has 1 amide bonds. The first-order valence-corrected chi connectivity index (χ1v) is 7.07. The third-order valence-electron chi connectivity index (χ3n) is 3.03. The molecular formula is C15H18F3N3O3. The summed E-state index contributed by atoms with van der Waals surface area (Å²) < 4.78 is 42.4. The van der Waals surface area contributed by atoms with Crippen LogP contribution in [0, 0.1) is 0 Å². The maximum atomic E-state index is 12.6. The molecule has 0 aromatic carbocycles. The first-order valence-electron chi connectivity index (χ1n) is 7.07. The Morgan fingerprint density at radius 2 is 2.04 bits per heavy atom. The third kappa shape index (κ3) is 6.35. The van der Waals surface area contributed by atoms with Crippen LogP contribution in [0.5, 0.6) is 0 Å². The van der Waals surface area contributed by atoms with Crippen molar-refractivity contribution in [3.05, 3.63) is 35.9 Å². The van der Waals surface area contributed by atoms with E-state index in [1.165, 1.54) is 18.9 Å². The molecule has 0 spiro atoms. The lowest BCUT2D eigenvalue weighted by molar-refractivity contribution is -0.142. The normalized spacial score (nSPS) is 11.0. The van der Waals surface area contributed by atoms with Gasteiger partial charge in [-0.15, -0.1) is 0 Å². The number of carbonyl (C=O) groups excluding carboxylic acids is 2. The average Bonchev–Trinajstić information content (AvgIpc) is 2.50. The number of carbonyl (C=O) groups is 2. The van der Waals surface area contributed by atoms with Crippen LogP contribution >= 0.6 is 0 Å². The molecule has 1 rings (SSSR count). The Balaban J connectivity index is 2.53. The van der Waals surface area contributed by atoms with Crippen LogP contribution in [0.2, 0.25) is 0 Å². The number of halogens is 3. The van der Waals surface area contributed by atoms with E-state index in [1.54, 1.807) is 0 Å². The van der Waals surface area contributed by atoms with Crippen LogP contribution < -0.4 is 0 Å². The summed E-state index contributed by atoms with van der Waals surface area (Å²) in [5, 5.41) is 0. The van der Waals surface area contributed by atoms with Crippen LogP contribution in [0.4, 0.5) is 13.2 Å². The Morgan fingerprint density at radius 1 is 1.38 bits per heavy atom. The molecule has 0 aliphatic carbocycles. The molecule has 0 unspecified atom stereocenters. The summed E-state index contributed by atoms with van der Waals surface area (Å²) in [6.45, 7) is 5.04. The molecule has 0 bridgehead atoms. The van der Waals surface area contributed by atoms with Crippen molar-refractivity contribution in [1.82, 2.24) is 14.9 Å². The fraction of sp³-hybridized carbons (Fsp3) is 0.467. The maximum Gasteiger partial charge on any atom is 0.433 e. The standard InChI is InChI=1S/C15H18F3N3O3/c1-10(6-9-24-11(2)22)14(23)21(3)8-5-13-19-7-4-12(20-13)15(16,17)18/h4,7H,1,5-6,8-9H2,2-3H3. The van der Waals surface area contributed by atoms with Gasteiger partial charge in [-0.3, -0.25) is 9.59 Å². The van der Waals surface area contributed by atoms with Crippen molar-refractivity contribution < 1.29 is 27.5 Å². The van der Waals surface area contributed by atoms with E-state index in [-0.39, 0.29) is 43.3 Å². The van der Waals surface area contributed by atoms with Crippen molar-refractivity contribution in [2.75, 3.05) is 20.2 Å². The highest BCUT2D eigenvalue weighted by molar-refractivity contribution is 5.92. The van der Waals surface area contributed by atoms with Crippen LogP contribution in [-0.4, -0.2) is 46.9 Å². The quantitative estimate of drug-likeness (QED) is 0.558. The molecule has 1 aromatic heterocycles. The predicted octanol–water partition coefficient (Wildman–Crippen LogP) is 2.01. The average molecular weight is 345 g/mol. The molecule has 0 radical (unpaired) electrons. The number of rotatable bonds is 7. The van der Waals surface area contributed by atoms with E-state index < -0.39 is 17.8 Å². The van der Waals surface area contributed by atoms with Crippen molar-refractivity contribution in [1.29, 1.82) is 0 Å². The second-order valence-electron chi connectivity index (χ2n) is 5.03. The Kier molecular flexibility index (Phi) is 6.87. The minimum absolute atomic E-state index is 0.00463. The van der Waals surface area contributed by atoms with Crippen molar-refractivity contribution in [3.8, 4) is 0 Å². The third-order valence-corrected chi connectivity index (χ3v) is 3.03. The Labute approximate surface area is 137 Å². The van der Waals surface area contributed by atoms with Gasteiger partial charge in [-0.25, -0.2) is 9.97 Å². The minimum atomic E-state index is -4.54. The summed E-state index contributed by atoms with van der Waals surface area (Å²) in [7, 11) is 1.49. The van der Waals surface area contributed by atoms with E-state index in [2.05, 4.69) is 16.5 Å². The van der Waals surface area contributed by atoms with Crippen LogP contribution in [-0.2, 0) is 26.9 Å². The number of likely N-dealkylation sites (N-methyl/N-ethyl adjacent to an activating group) is 1. The molecule has 0 aliphatic rings. The maximum absolute atomic E-state index is 12.6. The van der Waals surface area contributed by atoms with Crippen LogP contribution in [0.3, 0.4) is 0 Å². The summed E-state index contributed by atoms with van der Waals surface area (Å²) in [4.78, 5) is 31.2. The zero-order valence-corrected chi connectivity index (χ0v) is 13.4. The number of hydrogen-bond donors (Lipinski definition) is 0. The van der Waals surface area contributed by atoms with Gasteiger partial charge in [-0.2, -0.15) is 13.2 Å². The SMILES string of the molecule is C=C(CCOC(C)=O)C(=O)N(C)CCc1nccc(C(F)(F)F)n1. The Hall–Kier alpha value is -2.45. The van der Waals surface area contributed by atoms with Crippen molar-refractivity contribution in [2.45, 2.75) is 25.9 Å². The molecule has 1 heterocycles. The summed E-state index contributed by atoms with van der Waals surface area (Å²) >= 11 is 0.